The van der Waals surface area contributed by atoms with Crippen LogP contribution in [0.2, 0.25) is 0 Å². The average Bonchev–Trinajstić information content (AvgIpc) is 1.90. The van der Waals surface area contributed by atoms with Crippen LogP contribution in [0.4, 0.5) is 0 Å². The Morgan fingerprint density at radius 3 is 2.89 bits per heavy atom. The molecule has 0 aliphatic heterocycles. The molecular formula is C6H6N3. The second kappa shape index (κ2) is 2.26. The minimum absolute atomic E-state index is 0.0102. The molecule has 1 rings (SSSR count). The van der Waals surface area contributed by atoms with Crippen LogP contribution in [0.25, 0.3) is 0 Å². The number of nitrogens with two attached hydrogens (primary N) is 1. The molecule has 0 saturated carbocycles. The maximum atomic E-state index is 6.94. The third-order valence-electron chi connectivity index (χ3n) is 0.892. The molecule has 0 unspecified atom stereocenters. The lowest BCUT2D eigenvalue weighted by atomic mass is 10.3. The van der Waals surface area contributed by atoms with E-state index in [1.807, 2.05) is 0 Å². The van der Waals surface area contributed by atoms with Gasteiger partial charge in [-0.2, -0.15) is 0 Å². The van der Waals surface area contributed by atoms with Crippen molar-refractivity contribution in [1.82, 2.24) is 4.98 Å². The van der Waals surface area contributed by atoms with E-state index in [0.717, 1.165) is 0 Å². The Morgan fingerprint density at radius 2 is 2.56 bits per heavy atom. The van der Waals surface area contributed by atoms with Gasteiger partial charge >= 0.3 is 0 Å². The SMILES string of the molecule is N=C(N)c1cc[c]cn1. The fourth-order valence-corrected chi connectivity index (χ4v) is 0.479. The van der Waals surface area contributed by atoms with Crippen molar-refractivity contribution in [3.63, 3.8) is 0 Å². The second-order valence-electron chi connectivity index (χ2n) is 1.56. The summed E-state index contributed by atoms with van der Waals surface area (Å²) < 4.78 is 0. The summed E-state index contributed by atoms with van der Waals surface area (Å²) in [7, 11) is 0. The summed E-state index contributed by atoms with van der Waals surface area (Å²) in [5, 5.41) is 6.94. The standard InChI is InChI=1S/C6H6N3/c7-6(8)5-3-1-2-4-9-5/h1,3-4H,(H3,7,8). The first kappa shape index (κ1) is 5.75. The Hall–Kier alpha value is -1.38. The molecule has 0 aliphatic carbocycles. The highest BCUT2D eigenvalue weighted by atomic mass is 14.8. The van der Waals surface area contributed by atoms with Gasteiger partial charge in [0.05, 0.1) is 0 Å². The lowest BCUT2D eigenvalue weighted by molar-refractivity contribution is 1.25. The van der Waals surface area contributed by atoms with Gasteiger partial charge in [0.15, 0.2) is 0 Å². The topological polar surface area (TPSA) is 62.8 Å². The molecule has 1 radical (unpaired) electrons. The number of hydrogen-bond donors (Lipinski definition) is 2. The Bertz CT molecular complexity index is 205. The zero-order valence-corrected chi connectivity index (χ0v) is 4.76. The van der Waals surface area contributed by atoms with Crippen molar-refractivity contribution in [3.05, 3.63) is 30.1 Å². The monoisotopic (exact) mass is 120 g/mol. The molecule has 0 amide bonds. The molecule has 0 fully saturated rings. The molecule has 45 valence electrons. The van der Waals surface area contributed by atoms with E-state index < -0.39 is 0 Å². The lowest BCUT2D eigenvalue weighted by Crippen LogP contribution is -2.12. The molecule has 1 aromatic rings. The molecule has 3 N–H and O–H groups in total. The van der Waals surface area contributed by atoms with E-state index in [-0.39, 0.29) is 5.84 Å². The number of nitrogens with zero attached hydrogens (tertiary/aromatic N) is 1. The van der Waals surface area contributed by atoms with Crippen LogP contribution in [0, 0.1) is 11.5 Å². The fraction of sp³-hybridized carbons (Fsp3) is 0. The summed E-state index contributed by atoms with van der Waals surface area (Å²) >= 11 is 0. The van der Waals surface area contributed by atoms with E-state index in [9.17, 15) is 0 Å². The first-order chi connectivity index (χ1) is 4.30. The van der Waals surface area contributed by atoms with Crippen LogP contribution in [-0.2, 0) is 0 Å². The van der Waals surface area contributed by atoms with Crippen molar-refractivity contribution in [2.45, 2.75) is 0 Å². The largest absolute Gasteiger partial charge is 0.382 e. The summed E-state index contributed by atoms with van der Waals surface area (Å²) in [6, 6.07) is 6.04. The molecule has 0 spiro atoms. The zero-order valence-electron chi connectivity index (χ0n) is 4.76. The van der Waals surface area contributed by atoms with Crippen molar-refractivity contribution in [2.24, 2.45) is 5.73 Å². The second-order valence-corrected chi connectivity index (χ2v) is 1.56. The minimum atomic E-state index is -0.0102. The van der Waals surface area contributed by atoms with E-state index in [4.69, 9.17) is 11.1 Å². The number of pyridine rings is 1. The average molecular weight is 120 g/mol. The van der Waals surface area contributed by atoms with E-state index in [1.165, 1.54) is 6.20 Å². The molecule has 0 atom stereocenters. The first-order valence-electron chi connectivity index (χ1n) is 2.47. The predicted octanol–water partition coefficient (Wildman–Crippen LogP) is 0.166. The third kappa shape index (κ3) is 1.25. The smallest absolute Gasteiger partial charge is 0.141 e. The Morgan fingerprint density at radius 1 is 1.78 bits per heavy atom. The van der Waals surface area contributed by atoms with Gasteiger partial charge < -0.3 is 5.73 Å². The van der Waals surface area contributed by atoms with Crippen LogP contribution >= 0.6 is 0 Å². The normalized spacial score (nSPS) is 8.89. The van der Waals surface area contributed by atoms with Gasteiger partial charge in [0, 0.05) is 12.3 Å². The summed E-state index contributed by atoms with van der Waals surface area (Å²) in [5.74, 6) is -0.0102. The van der Waals surface area contributed by atoms with Crippen LogP contribution < -0.4 is 5.73 Å². The first-order valence-corrected chi connectivity index (χ1v) is 2.47. The molecule has 3 nitrogen and oxygen atoms in total. The van der Waals surface area contributed by atoms with Crippen molar-refractivity contribution >= 4 is 5.84 Å². The molecule has 0 saturated heterocycles. The van der Waals surface area contributed by atoms with Crippen molar-refractivity contribution in [3.8, 4) is 0 Å². The molecule has 1 aromatic heterocycles. The number of rotatable bonds is 1. The molecule has 1 heterocycles. The van der Waals surface area contributed by atoms with Crippen molar-refractivity contribution < 1.29 is 0 Å². The van der Waals surface area contributed by atoms with Gasteiger partial charge in [-0.15, -0.1) is 0 Å². The van der Waals surface area contributed by atoms with Gasteiger partial charge in [-0.1, -0.05) is 6.07 Å². The summed E-state index contributed by atoms with van der Waals surface area (Å²) in [6.07, 6.45) is 1.48. The quantitative estimate of drug-likeness (QED) is 0.409. The van der Waals surface area contributed by atoms with Gasteiger partial charge in [0.25, 0.3) is 0 Å². The van der Waals surface area contributed by atoms with Gasteiger partial charge in [0.1, 0.15) is 11.5 Å². The fourth-order valence-electron chi connectivity index (χ4n) is 0.479. The highest BCUT2D eigenvalue weighted by Crippen LogP contribution is 1.88. The van der Waals surface area contributed by atoms with Crippen LogP contribution in [0.3, 0.4) is 0 Å². The van der Waals surface area contributed by atoms with Gasteiger partial charge in [-0.25, -0.2) is 0 Å². The summed E-state index contributed by atoms with van der Waals surface area (Å²) in [6.45, 7) is 0. The molecule has 0 bridgehead atoms. The number of amidine groups is 1. The van der Waals surface area contributed by atoms with Crippen LogP contribution in [-0.4, -0.2) is 10.8 Å². The lowest BCUT2D eigenvalue weighted by Gasteiger charge is -1.91. The van der Waals surface area contributed by atoms with Gasteiger partial charge in [-0.05, 0) is 6.07 Å². The minimum Gasteiger partial charge on any atom is -0.382 e. The Kier molecular flexibility index (Phi) is 1.44. The Balaban J connectivity index is 2.98. The van der Waals surface area contributed by atoms with Gasteiger partial charge in [0.2, 0.25) is 0 Å². The molecule has 3 heteroatoms. The number of nitrogens with one attached hydrogen (secondary N) is 1. The molecule has 0 aliphatic rings. The van der Waals surface area contributed by atoms with E-state index in [2.05, 4.69) is 11.1 Å². The van der Waals surface area contributed by atoms with E-state index in [1.54, 1.807) is 12.1 Å². The van der Waals surface area contributed by atoms with Crippen LogP contribution in [0.1, 0.15) is 5.69 Å². The third-order valence-corrected chi connectivity index (χ3v) is 0.892. The number of aromatic nitrogens is 1. The number of nitrogen functional groups attached to an aromatic ring is 1. The predicted molar refractivity (Wildman–Crippen MR) is 34.1 cm³/mol. The maximum absolute atomic E-state index is 6.94. The molecule has 9 heavy (non-hydrogen) atoms. The van der Waals surface area contributed by atoms with Crippen LogP contribution in [0.15, 0.2) is 18.3 Å². The summed E-state index contributed by atoms with van der Waals surface area (Å²) in [5.41, 5.74) is 5.61. The number of hydrogen-bond acceptors (Lipinski definition) is 2. The highest BCUT2D eigenvalue weighted by Gasteiger charge is 1.91. The highest BCUT2D eigenvalue weighted by molar-refractivity contribution is 5.92. The Labute approximate surface area is 53.0 Å². The zero-order chi connectivity index (χ0) is 6.69. The van der Waals surface area contributed by atoms with Crippen LogP contribution in [0.5, 0.6) is 0 Å². The van der Waals surface area contributed by atoms with Crippen molar-refractivity contribution in [1.29, 1.82) is 5.41 Å². The maximum Gasteiger partial charge on any atom is 0.141 e. The summed E-state index contributed by atoms with van der Waals surface area (Å²) in [4.78, 5) is 3.77. The molecule has 0 aromatic carbocycles. The van der Waals surface area contributed by atoms with E-state index >= 15 is 0 Å². The van der Waals surface area contributed by atoms with E-state index in [0.29, 0.717) is 5.69 Å². The molecular weight excluding hydrogens is 114 g/mol. The van der Waals surface area contributed by atoms with Crippen molar-refractivity contribution in [2.75, 3.05) is 0 Å². The van der Waals surface area contributed by atoms with Gasteiger partial charge in [-0.3, -0.25) is 10.4 Å².